The number of ether oxygens (including phenoxy) is 3. The second-order valence-electron chi connectivity index (χ2n) is 13.9. The molecule has 3 aromatic carbocycles. The number of amides is 1. The van der Waals surface area contributed by atoms with Gasteiger partial charge >= 0.3 is 6.18 Å². The van der Waals surface area contributed by atoms with Gasteiger partial charge in [-0.2, -0.15) is 18.3 Å². The number of alkyl halides is 3. The Kier molecular flexibility index (Phi) is 12.1. The van der Waals surface area contributed by atoms with E-state index in [9.17, 15) is 26.4 Å². The Balaban J connectivity index is 1.68. The number of aromatic nitrogens is 3. The minimum atomic E-state index is -4.68. The Bertz CT molecular complexity index is 2300. The maximum absolute atomic E-state index is 15.2. The summed E-state index contributed by atoms with van der Waals surface area (Å²) in [4.78, 5) is 17.5. The lowest BCUT2D eigenvalue weighted by molar-refractivity contribution is -0.127. The Morgan fingerprint density at radius 2 is 1.71 bits per heavy atom. The molecule has 0 aliphatic carbocycles. The molecule has 294 valence electrons. The fourth-order valence-corrected chi connectivity index (χ4v) is 7.82. The number of fused-ring (bicyclic) bond motifs is 1. The van der Waals surface area contributed by atoms with Crippen LogP contribution in [0.15, 0.2) is 71.6 Å². The van der Waals surface area contributed by atoms with Gasteiger partial charge in [-0.25, -0.2) is 22.5 Å². The number of sulfonamides is 1. The van der Waals surface area contributed by atoms with Gasteiger partial charge in [-0.3, -0.25) is 9.10 Å². The number of nitrogens with one attached hydrogen (secondary N) is 1. The van der Waals surface area contributed by atoms with E-state index in [2.05, 4.69) is 35.0 Å². The molecular formula is C37H42F4N6O6SSi. The molecule has 0 spiro atoms. The number of primary amides is 1. The van der Waals surface area contributed by atoms with Crippen LogP contribution in [-0.2, 0) is 34.5 Å². The van der Waals surface area contributed by atoms with Crippen LogP contribution in [0, 0.1) is 5.82 Å². The molecule has 2 aromatic heterocycles. The van der Waals surface area contributed by atoms with E-state index in [1.807, 2.05) is 0 Å². The van der Waals surface area contributed by atoms with Crippen molar-refractivity contribution < 1.29 is 45.0 Å². The van der Waals surface area contributed by atoms with Gasteiger partial charge in [0.1, 0.15) is 18.3 Å². The molecule has 5 aromatic rings. The fraction of sp³-hybridized carbons (Fsp3) is 0.324. The van der Waals surface area contributed by atoms with Crippen LogP contribution in [0.1, 0.15) is 21.6 Å². The minimum Gasteiger partial charge on any atom is -0.497 e. The molecule has 0 radical (unpaired) electrons. The fourth-order valence-electron chi connectivity index (χ4n) is 5.81. The van der Waals surface area contributed by atoms with Crippen molar-refractivity contribution in [3.8, 4) is 22.8 Å². The van der Waals surface area contributed by atoms with Gasteiger partial charge in [0.15, 0.2) is 17.3 Å². The number of methoxy groups -OCH3 is 2. The van der Waals surface area contributed by atoms with Crippen LogP contribution in [0.2, 0.25) is 25.7 Å². The third-order valence-electron chi connectivity index (χ3n) is 8.70. The van der Waals surface area contributed by atoms with Crippen LogP contribution in [0.3, 0.4) is 0 Å². The largest absolute Gasteiger partial charge is 0.497 e. The second-order valence-corrected chi connectivity index (χ2v) is 21.5. The van der Waals surface area contributed by atoms with Gasteiger partial charge in [0, 0.05) is 33.8 Å². The first-order valence-corrected chi connectivity index (χ1v) is 22.1. The third-order valence-corrected chi connectivity index (χ3v) is 12.2. The number of carbonyl (C=O) groups excluding carboxylic acids is 1. The number of rotatable bonds is 16. The molecule has 0 saturated carbocycles. The summed E-state index contributed by atoms with van der Waals surface area (Å²) in [6.07, 6.45) is -6.11. The molecule has 55 heavy (non-hydrogen) atoms. The van der Waals surface area contributed by atoms with Crippen molar-refractivity contribution in [3.05, 3.63) is 89.4 Å². The molecule has 5 rings (SSSR count). The van der Waals surface area contributed by atoms with Crippen LogP contribution in [0.25, 0.3) is 22.2 Å². The Labute approximate surface area is 317 Å². The summed E-state index contributed by atoms with van der Waals surface area (Å²) in [7, 11) is -1.55. The monoisotopic (exact) mass is 802 g/mol. The number of hydrogen-bond acceptors (Lipinski definition) is 9. The van der Waals surface area contributed by atoms with Crippen molar-refractivity contribution >= 4 is 46.4 Å². The summed E-state index contributed by atoms with van der Waals surface area (Å²) in [5, 5.41) is 7.65. The normalized spacial score (nSPS) is 12.2. The number of hydrogen-bond donors (Lipinski definition) is 2. The summed E-state index contributed by atoms with van der Waals surface area (Å²) in [6.45, 7) is 6.62. The van der Waals surface area contributed by atoms with E-state index in [1.165, 1.54) is 37.0 Å². The van der Waals surface area contributed by atoms with Gasteiger partial charge in [-0.15, -0.1) is 0 Å². The highest BCUT2D eigenvalue weighted by Crippen LogP contribution is 2.38. The molecule has 0 fully saturated rings. The molecule has 18 heteroatoms. The lowest BCUT2D eigenvalue weighted by Gasteiger charge is -2.23. The highest BCUT2D eigenvalue weighted by Gasteiger charge is 2.31. The molecule has 0 unspecified atom stereocenters. The number of anilines is 2. The van der Waals surface area contributed by atoms with E-state index in [1.54, 1.807) is 36.4 Å². The van der Waals surface area contributed by atoms with Gasteiger partial charge in [-0.05, 0) is 65.7 Å². The van der Waals surface area contributed by atoms with Crippen LogP contribution >= 0.6 is 0 Å². The SMILES string of the molecule is COc1ccc(N(C)S(=O)(=O)c2ccccc2)c(CNc2nc(-c3cc(F)c(OC)cc3CC(F)(F)F)cc3c2c(C(N)=O)nn3COCC[Si](C)(C)C)c1. The van der Waals surface area contributed by atoms with Crippen LogP contribution in [-0.4, -0.2) is 71.2 Å². The molecule has 2 heterocycles. The third kappa shape index (κ3) is 9.55. The highest BCUT2D eigenvalue weighted by molar-refractivity contribution is 7.92. The summed E-state index contributed by atoms with van der Waals surface area (Å²) in [5.41, 5.74) is 5.85. The Morgan fingerprint density at radius 3 is 2.33 bits per heavy atom. The molecule has 3 N–H and O–H groups in total. The number of nitrogens with zero attached hydrogens (tertiary/aromatic N) is 4. The molecular weight excluding hydrogens is 761 g/mol. The summed E-state index contributed by atoms with van der Waals surface area (Å²) in [6, 6.07) is 16.7. The maximum atomic E-state index is 15.2. The minimum absolute atomic E-state index is 0.0498. The van der Waals surface area contributed by atoms with Crippen molar-refractivity contribution in [2.24, 2.45) is 5.73 Å². The molecule has 0 aliphatic heterocycles. The first-order chi connectivity index (χ1) is 25.8. The van der Waals surface area contributed by atoms with Crippen molar-refractivity contribution in [2.45, 2.75) is 56.5 Å². The standard InChI is InChI=1S/C37H42F4N6O6SSi/c1-46(54(49,50)26-10-8-7-9-11-26)30-13-12-25(51-2)16-24(30)21-43-36-33-31(47(45-34(33)35(42)48)22-53-14-15-55(4,5)6)19-29(44-36)27-18-28(38)32(52-3)17-23(27)20-37(39,40)41/h7-13,16-19H,14-15,20-22H2,1-6H3,(H2,42,48)(H,43,44). The molecule has 0 bridgehead atoms. The Morgan fingerprint density at radius 1 is 1.00 bits per heavy atom. The number of halogens is 4. The summed E-state index contributed by atoms with van der Waals surface area (Å²) >= 11 is 0. The first-order valence-electron chi connectivity index (χ1n) is 17.0. The number of carbonyl (C=O) groups is 1. The van der Waals surface area contributed by atoms with Crippen LogP contribution < -0.4 is 24.8 Å². The summed E-state index contributed by atoms with van der Waals surface area (Å²) < 4.78 is 103. The average molecular weight is 803 g/mol. The number of benzene rings is 3. The van der Waals surface area contributed by atoms with E-state index in [0.717, 1.165) is 29.6 Å². The smallest absolute Gasteiger partial charge is 0.393 e. The maximum Gasteiger partial charge on any atom is 0.393 e. The van der Waals surface area contributed by atoms with Gasteiger partial charge in [0.05, 0.1) is 47.8 Å². The second kappa shape index (κ2) is 16.3. The number of nitrogens with two attached hydrogens (primary N) is 1. The van der Waals surface area contributed by atoms with Crippen molar-refractivity contribution in [1.82, 2.24) is 14.8 Å². The van der Waals surface area contributed by atoms with Crippen molar-refractivity contribution in [3.63, 3.8) is 0 Å². The lowest BCUT2D eigenvalue weighted by atomic mass is 9.99. The van der Waals surface area contributed by atoms with E-state index in [-0.39, 0.29) is 68.8 Å². The Hall–Kier alpha value is -5.20. The van der Waals surface area contributed by atoms with Gasteiger partial charge in [0.2, 0.25) is 0 Å². The summed E-state index contributed by atoms with van der Waals surface area (Å²) in [5.74, 6) is -1.90. The van der Waals surface area contributed by atoms with E-state index in [0.29, 0.717) is 17.9 Å². The van der Waals surface area contributed by atoms with Crippen molar-refractivity contribution in [2.75, 3.05) is 37.5 Å². The van der Waals surface area contributed by atoms with E-state index < -0.39 is 42.4 Å². The van der Waals surface area contributed by atoms with Gasteiger partial charge in [0.25, 0.3) is 15.9 Å². The zero-order valence-corrected chi connectivity index (χ0v) is 32.9. The lowest BCUT2D eigenvalue weighted by Crippen LogP contribution is -2.27. The zero-order chi connectivity index (χ0) is 40.3. The van der Waals surface area contributed by atoms with E-state index >= 15 is 4.39 Å². The predicted molar refractivity (Wildman–Crippen MR) is 204 cm³/mol. The quantitative estimate of drug-likeness (QED) is 0.0600. The van der Waals surface area contributed by atoms with Gasteiger partial charge < -0.3 is 25.3 Å². The van der Waals surface area contributed by atoms with Crippen LogP contribution in [0.5, 0.6) is 11.5 Å². The van der Waals surface area contributed by atoms with E-state index in [4.69, 9.17) is 19.9 Å². The number of pyridine rings is 1. The molecule has 0 aliphatic rings. The predicted octanol–water partition coefficient (Wildman–Crippen LogP) is 7.21. The van der Waals surface area contributed by atoms with Crippen molar-refractivity contribution in [1.29, 1.82) is 0 Å². The molecule has 1 amide bonds. The topological polar surface area (TPSA) is 151 Å². The van der Waals surface area contributed by atoms with Gasteiger partial charge in [-0.1, -0.05) is 37.8 Å². The highest BCUT2D eigenvalue weighted by atomic mass is 32.2. The molecule has 0 atom stereocenters. The van der Waals surface area contributed by atoms with Crippen LogP contribution in [0.4, 0.5) is 29.1 Å². The molecule has 0 saturated heterocycles. The zero-order valence-electron chi connectivity index (χ0n) is 31.1. The average Bonchev–Trinajstić information content (AvgIpc) is 3.50. The first kappa shape index (κ1) is 41.0. The molecule has 12 nitrogen and oxygen atoms in total.